The van der Waals surface area contributed by atoms with Crippen molar-refractivity contribution in [1.82, 2.24) is 24.9 Å². The zero-order valence-electron chi connectivity index (χ0n) is 22.0. The third-order valence-electron chi connectivity index (χ3n) is 6.89. The number of likely N-dealkylation sites (N-methyl/N-ethyl adjacent to an activating group) is 3. The summed E-state index contributed by atoms with van der Waals surface area (Å²) in [5, 5.41) is 3.98. The van der Waals surface area contributed by atoms with Crippen molar-refractivity contribution >= 4 is 27.5 Å². The first kappa shape index (κ1) is 32.6. The Labute approximate surface area is 228 Å². The van der Waals surface area contributed by atoms with E-state index in [0.717, 1.165) is 57.4 Å². The van der Waals surface area contributed by atoms with E-state index >= 15 is 0 Å². The largest absolute Gasteiger partial charge is 0.356 e. The van der Waals surface area contributed by atoms with Crippen LogP contribution in [0, 0.1) is 0 Å². The molecule has 2 saturated heterocycles. The predicted molar refractivity (Wildman–Crippen MR) is 147 cm³/mol. The smallest absolute Gasteiger partial charge is 0.219 e. The number of nitrogens with one attached hydrogen (secondary N) is 1. The van der Waals surface area contributed by atoms with E-state index in [1.807, 2.05) is 21.6 Å². The number of hydrogen-bond acceptors (Lipinski definition) is 7. The SMILES string of the molecule is CN1CCCN(C)CCN(CCCCNC(=O)CCCCC2CCSS2)CCCN(C)CC1.[Cu]. The Morgan fingerprint density at radius 1 is 0.824 bits per heavy atom. The van der Waals surface area contributed by atoms with Crippen LogP contribution in [0.15, 0.2) is 0 Å². The zero-order valence-corrected chi connectivity index (χ0v) is 24.6. The van der Waals surface area contributed by atoms with Crippen molar-refractivity contribution in [3.8, 4) is 0 Å². The fourth-order valence-corrected chi connectivity index (χ4v) is 7.53. The van der Waals surface area contributed by atoms with Gasteiger partial charge in [0.1, 0.15) is 0 Å². The normalized spacial score (nSPS) is 23.3. The second kappa shape index (κ2) is 20.6. The fraction of sp³-hybridized carbons (Fsp3) is 0.960. The Balaban J connectivity index is 0.00000578. The van der Waals surface area contributed by atoms with Crippen LogP contribution in [0.1, 0.15) is 57.8 Å². The van der Waals surface area contributed by atoms with Gasteiger partial charge < -0.3 is 24.9 Å². The van der Waals surface area contributed by atoms with Crippen LogP contribution >= 0.6 is 21.6 Å². The Morgan fingerprint density at radius 2 is 1.47 bits per heavy atom. The first-order valence-corrected chi connectivity index (χ1v) is 15.7. The first-order valence-electron chi connectivity index (χ1n) is 13.4. The van der Waals surface area contributed by atoms with Crippen molar-refractivity contribution in [2.75, 3.05) is 92.3 Å². The van der Waals surface area contributed by atoms with Crippen molar-refractivity contribution in [2.45, 2.75) is 63.0 Å². The average molecular weight is 565 g/mol. The van der Waals surface area contributed by atoms with Crippen molar-refractivity contribution in [2.24, 2.45) is 0 Å². The quantitative estimate of drug-likeness (QED) is 0.247. The Hall–Kier alpha value is 0.529. The molecule has 2 heterocycles. The molecule has 0 aromatic rings. The van der Waals surface area contributed by atoms with Crippen molar-refractivity contribution in [1.29, 1.82) is 0 Å². The summed E-state index contributed by atoms with van der Waals surface area (Å²) >= 11 is 0. The second-order valence-corrected chi connectivity index (χ2v) is 12.9. The summed E-state index contributed by atoms with van der Waals surface area (Å²) in [4.78, 5) is 22.2. The third kappa shape index (κ3) is 16.3. The van der Waals surface area contributed by atoms with Gasteiger partial charge in [-0.2, -0.15) is 0 Å². The van der Waals surface area contributed by atoms with Crippen LogP contribution in [0.4, 0.5) is 0 Å². The molecule has 1 unspecified atom stereocenters. The maximum absolute atomic E-state index is 12.1. The van der Waals surface area contributed by atoms with Crippen LogP contribution in [0.2, 0.25) is 0 Å². The number of amides is 1. The molecule has 0 aliphatic carbocycles. The number of carbonyl (C=O) groups is 1. The Morgan fingerprint density at radius 3 is 2.12 bits per heavy atom. The summed E-state index contributed by atoms with van der Waals surface area (Å²) in [6.07, 6.45) is 10.3. The molecule has 0 bridgehead atoms. The molecule has 34 heavy (non-hydrogen) atoms. The fourth-order valence-electron chi connectivity index (χ4n) is 4.50. The maximum atomic E-state index is 12.1. The number of rotatable bonds is 10. The molecule has 0 aromatic carbocycles. The molecule has 2 aliphatic heterocycles. The van der Waals surface area contributed by atoms with E-state index in [9.17, 15) is 4.79 Å². The molecule has 1 radical (unpaired) electrons. The van der Waals surface area contributed by atoms with Gasteiger partial charge in [0.25, 0.3) is 0 Å². The number of carbonyl (C=O) groups excluding carboxylic acids is 1. The Bertz CT molecular complexity index is 514. The summed E-state index contributed by atoms with van der Waals surface area (Å²) in [5.74, 6) is 1.55. The van der Waals surface area contributed by atoms with Crippen molar-refractivity contribution in [3.63, 3.8) is 0 Å². The van der Waals surface area contributed by atoms with Gasteiger partial charge in [-0.3, -0.25) is 4.79 Å². The van der Waals surface area contributed by atoms with Gasteiger partial charge in [-0.05, 0) is 98.8 Å². The summed E-state index contributed by atoms with van der Waals surface area (Å²) in [7, 11) is 10.8. The van der Waals surface area contributed by atoms with Gasteiger partial charge in [0.2, 0.25) is 5.91 Å². The van der Waals surface area contributed by atoms with E-state index in [1.54, 1.807) is 0 Å². The molecular formula is C25H51CuN5OS2. The topological polar surface area (TPSA) is 42.1 Å². The van der Waals surface area contributed by atoms with Gasteiger partial charge in [-0.15, -0.1) is 0 Å². The van der Waals surface area contributed by atoms with Crippen molar-refractivity contribution in [3.05, 3.63) is 0 Å². The minimum atomic E-state index is 0. The van der Waals surface area contributed by atoms with E-state index in [4.69, 9.17) is 0 Å². The van der Waals surface area contributed by atoms with Crippen LogP contribution in [0.5, 0.6) is 0 Å². The van der Waals surface area contributed by atoms with Gasteiger partial charge in [-0.25, -0.2) is 0 Å². The number of nitrogens with zero attached hydrogens (tertiary/aromatic N) is 4. The van der Waals surface area contributed by atoms with Crippen LogP contribution in [0.25, 0.3) is 0 Å². The molecule has 2 fully saturated rings. The molecule has 0 aromatic heterocycles. The van der Waals surface area contributed by atoms with E-state index in [0.29, 0.717) is 6.42 Å². The second-order valence-electron chi connectivity index (χ2n) is 10.1. The standard InChI is InChI=1S/C25H51N5OS2.Cu/c1-27-14-8-15-29(3)21-22-30(18-9-16-28(2)20-19-27)17-7-6-13-26-25(31)11-5-4-10-24-12-23-32-33-24;/h24H,4-23H2,1-3H3,(H,26,31);. The minimum Gasteiger partial charge on any atom is -0.356 e. The van der Waals surface area contributed by atoms with Crippen LogP contribution < -0.4 is 5.32 Å². The molecule has 1 atom stereocenters. The molecule has 1 amide bonds. The number of hydrogen-bond donors (Lipinski definition) is 1. The monoisotopic (exact) mass is 564 g/mol. The molecule has 205 valence electrons. The minimum absolute atomic E-state index is 0. The van der Waals surface area contributed by atoms with Crippen molar-refractivity contribution < 1.29 is 21.9 Å². The average Bonchev–Trinajstić information content (AvgIpc) is 3.31. The maximum Gasteiger partial charge on any atom is 0.219 e. The molecule has 2 aliphatic rings. The van der Waals surface area contributed by atoms with Crippen LogP contribution in [-0.2, 0) is 21.9 Å². The summed E-state index contributed by atoms with van der Waals surface area (Å²) in [6.45, 7) is 11.3. The summed E-state index contributed by atoms with van der Waals surface area (Å²) < 4.78 is 0. The van der Waals surface area contributed by atoms with Crippen LogP contribution in [0.3, 0.4) is 0 Å². The predicted octanol–water partition coefficient (Wildman–Crippen LogP) is 3.49. The summed E-state index contributed by atoms with van der Waals surface area (Å²) in [5.41, 5.74) is 0. The molecule has 0 saturated carbocycles. The van der Waals surface area contributed by atoms with E-state index < -0.39 is 0 Å². The van der Waals surface area contributed by atoms with E-state index in [2.05, 4.69) is 46.1 Å². The zero-order chi connectivity index (χ0) is 23.7. The third-order valence-corrected chi connectivity index (χ3v) is 9.89. The molecule has 9 heteroatoms. The molecule has 6 nitrogen and oxygen atoms in total. The van der Waals surface area contributed by atoms with Gasteiger partial charge >= 0.3 is 0 Å². The Kier molecular flexibility index (Phi) is 19.7. The summed E-state index contributed by atoms with van der Waals surface area (Å²) in [6, 6.07) is 0. The van der Waals surface area contributed by atoms with Gasteiger partial charge in [-0.1, -0.05) is 28.0 Å². The first-order chi connectivity index (χ1) is 16.0. The molecule has 1 N–H and O–H groups in total. The van der Waals surface area contributed by atoms with Gasteiger partial charge in [0, 0.05) is 67.2 Å². The van der Waals surface area contributed by atoms with Gasteiger partial charge in [0.15, 0.2) is 0 Å². The molecule has 0 spiro atoms. The molecule has 2 rings (SSSR count). The van der Waals surface area contributed by atoms with E-state index in [1.165, 1.54) is 70.5 Å². The number of unbranched alkanes of at least 4 members (excludes halogenated alkanes) is 2. The van der Waals surface area contributed by atoms with E-state index in [-0.39, 0.29) is 23.0 Å². The van der Waals surface area contributed by atoms with Gasteiger partial charge in [0.05, 0.1) is 0 Å². The van der Waals surface area contributed by atoms with Crippen LogP contribution in [-0.4, -0.2) is 123 Å². The molecular weight excluding hydrogens is 514 g/mol.